The number of hydrogen-bond acceptors (Lipinski definition) is 3. The van der Waals surface area contributed by atoms with Gasteiger partial charge in [-0.25, -0.2) is 0 Å². The molecule has 0 bridgehead atoms. The van der Waals surface area contributed by atoms with Gasteiger partial charge in [-0.3, -0.25) is 4.79 Å². The highest BCUT2D eigenvalue weighted by Crippen LogP contribution is 2.15. The molecule has 4 heteroatoms. The second-order valence-corrected chi connectivity index (χ2v) is 4.46. The number of hydrogen-bond donors (Lipinski definition) is 2. The van der Waals surface area contributed by atoms with Gasteiger partial charge in [0.15, 0.2) is 0 Å². The maximum absolute atomic E-state index is 12.1. The lowest BCUT2D eigenvalue weighted by Crippen LogP contribution is -2.30. The van der Waals surface area contributed by atoms with Gasteiger partial charge in [-0.05, 0) is 32.4 Å². The summed E-state index contributed by atoms with van der Waals surface area (Å²) in [5.74, 6) is -0.105. The zero-order valence-electron chi connectivity index (χ0n) is 10.6. The number of nitrogens with zero attached hydrogens (tertiary/aromatic N) is 1. The molecule has 0 fully saturated rings. The molecule has 1 amide bonds. The van der Waals surface area contributed by atoms with Gasteiger partial charge >= 0.3 is 0 Å². The molecule has 1 aromatic rings. The predicted octanol–water partition coefficient (Wildman–Crippen LogP) is 1.42. The Morgan fingerprint density at radius 3 is 2.76 bits per heavy atom. The fraction of sp³-hybridized carbons (Fsp3) is 0.462. The van der Waals surface area contributed by atoms with Crippen molar-refractivity contribution < 1.29 is 9.90 Å². The van der Waals surface area contributed by atoms with Crippen LogP contribution in [0.4, 0.5) is 5.69 Å². The molecule has 0 spiro atoms. The van der Waals surface area contributed by atoms with Gasteiger partial charge in [0.25, 0.3) is 5.91 Å². The monoisotopic (exact) mass is 236 g/mol. The number of anilines is 1. The average molecular weight is 236 g/mol. The summed E-state index contributed by atoms with van der Waals surface area (Å²) in [7, 11) is 1.71. The number of carbonyl (C=O) groups excluding carboxylic acids is 1. The molecule has 0 saturated carbocycles. The van der Waals surface area contributed by atoms with Crippen LogP contribution < -0.4 is 5.73 Å². The van der Waals surface area contributed by atoms with Crippen molar-refractivity contribution in [1.29, 1.82) is 0 Å². The zero-order chi connectivity index (χ0) is 13.0. The van der Waals surface area contributed by atoms with Crippen LogP contribution in [0.1, 0.15) is 29.3 Å². The van der Waals surface area contributed by atoms with Crippen LogP contribution >= 0.6 is 0 Å². The van der Waals surface area contributed by atoms with Gasteiger partial charge in [0, 0.05) is 19.3 Å². The van der Waals surface area contributed by atoms with Crippen LogP contribution in [0.2, 0.25) is 0 Å². The van der Waals surface area contributed by atoms with E-state index in [4.69, 9.17) is 5.73 Å². The Kier molecular flexibility index (Phi) is 4.52. The van der Waals surface area contributed by atoms with Crippen molar-refractivity contribution in [2.24, 2.45) is 0 Å². The van der Waals surface area contributed by atoms with E-state index in [1.807, 2.05) is 13.0 Å². The molecule has 0 radical (unpaired) electrons. The molecular formula is C13H20N2O2. The van der Waals surface area contributed by atoms with Crippen molar-refractivity contribution in [2.45, 2.75) is 26.4 Å². The second-order valence-electron chi connectivity index (χ2n) is 4.46. The molecule has 0 aliphatic rings. The van der Waals surface area contributed by atoms with E-state index >= 15 is 0 Å². The summed E-state index contributed by atoms with van der Waals surface area (Å²) >= 11 is 0. The molecular weight excluding hydrogens is 216 g/mol. The molecule has 1 aromatic carbocycles. The van der Waals surface area contributed by atoms with Crippen molar-refractivity contribution >= 4 is 11.6 Å². The maximum Gasteiger partial charge on any atom is 0.255 e. The average Bonchev–Trinajstić information content (AvgIpc) is 2.28. The Morgan fingerprint density at radius 2 is 2.18 bits per heavy atom. The SMILES string of the molecule is Cc1ccc(N)c(C(=O)N(C)CCC(C)O)c1. The van der Waals surface area contributed by atoms with Gasteiger partial charge in [-0.15, -0.1) is 0 Å². The van der Waals surface area contributed by atoms with Crippen LogP contribution in [0.15, 0.2) is 18.2 Å². The van der Waals surface area contributed by atoms with E-state index in [0.29, 0.717) is 24.2 Å². The number of aliphatic hydroxyl groups excluding tert-OH is 1. The van der Waals surface area contributed by atoms with Crippen LogP contribution in [-0.4, -0.2) is 35.6 Å². The smallest absolute Gasteiger partial charge is 0.255 e. The number of amides is 1. The summed E-state index contributed by atoms with van der Waals surface area (Å²) in [6, 6.07) is 5.41. The van der Waals surface area contributed by atoms with Crippen molar-refractivity contribution in [3.05, 3.63) is 29.3 Å². The molecule has 0 aliphatic carbocycles. The summed E-state index contributed by atoms with van der Waals surface area (Å²) < 4.78 is 0. The molecule has 1 rings (SSSR count). The molecule has 94 valence electrons. The lowest BCUT2D eigenvalue weighted by atomic mass is 10.1. The van der Waals surface area contributed by atoms with Crippen LogP contribution in [0.25, 0.3) is 0 Å². The fourth-order valence-electron chi connectivity index (χ4n) is 1.54. The first-order valence-electron chi connectivity index (χ1n) is 5.71. The van der Waals surface area contributed by atoms with Crippen LogP contribution in [0.5, 0.6) is 0 Å². The number of carbonyl (C=O) groups is 1. The lowest BCUT2D eigenvalue weighted by molar-refractivity contribution is 0.0770. The third-order valence-electron chi connectivity index (χ3n) is 2.67. The number of nitrogens with two attached hydrogens (primary N) is 1. The summed E-state index contributed by atoms with van der Waals surface area (Å²) in [6.07, 6.45) is 0.161. The Morgan fingerprint density at radius 1 is 1.53 bits per heavy atom. The highest BCUT2D eigenvalue weighted by Gasteiger charge is 2.15. The van der Waals surface area contributed by atoms with Crippen molar-refractivity contribution in [3.8, 4) is 0 Å². The van der Waals surface area contributed by atoms with Crippen molar-refractivity contribution in [1.82, 2.24) is 4.90 Å². The molecule has 0 aliphatic heterocycles. The van der Waals surface area contributed by atoms with Gasteiger partial charge in [0.1, 0.15) is 0 Å². The van der Waals surface area contributed by atoms with Gasteiger partial charge in [0.05, 0.1) is 11.7 Å². The largest absolute Gasteiger partial charge is 0.398 e. The Balaban J connectivity index is 2.78. The maximum atomic E-state index is 12.1. The highest BCUT2D eigenvalue weighted by atomic mass is 16.3. The quantitative estimate of drug-likeness (QED) is 0.777. The molecule has 4 nitrogen and oxygen atoms in total. The van der Waals surface area contributed by atoms with Crippen molar-refractivity contribution in [2.75, 3.05) is 19.3 Å². The highest BCUT2D eigenvalue weighted by molar-refractivity contribution is 5.99. The summed E-state index contributed by atoms with van der Waals surface area (Å²) in [5.41, 5.74) is 7.81. The first kappa shape index (κ1) is 13.5. The minimum atomic E-state index is -0.403. The normalized spacial score (nSPS) is 12.2. The van der Waals surface area contributed by atoms with Crippen molar-refractivity contribution in [3.63, 3.8) is 0 Å². The third kappa shape index (κ3) is 3.75. The molecule has 1 unspecified atom stereocenters. The van der Waals surface area contributed by atoms with E-state index in [-0.39, 0.29) is 5.91 Å². The number of benzene rings is 1. The Labute approximate surface area is 102 Å². The molecule has 0 aromatic heterocycles. The molecule has 0 saturated heterocycles. The van der Waals surface area contributed by atoms with Gasteiger partial charge < -0.3 is 15.7 Å². The summed E-state index contributed by atoms with van der Waals surface area (Å²) in [6.45, 7) is 4.15. The fourth-order valence-corrected chi connectivity index (χ4v) is 1.54. The Bertz CT molecular complexity index is 402. The minimum absolute atomic E-state index is 0.105. The van der Waals surface area contributed by atoms with E-state index in [0.717, 1.165) is 5.56 Å². The summed E-state index contributed by atoms with van der Waals surface area (Å²) in [4.78, 5) is 13.7. The summed E-state index contributed by atoms with van der Waals surface area (Å²) in [5, 5.41) is 9.19. The van der Waals surface area contributed by atoms with E-state index < -0.39 is 6.10 Å². The number of aryl methyl sites for hydroxylation is 1. The first-order chi connectivity index (χ1) is 7.91. The first-order valence-corrected chi connectivity index (χ1v) is 5.71. The van der Waals surface area contributed by atoms with Crippen LogP contribution in [0, 0.1) is 6.92 Å². The van der Waals surface area contributed by atoms with Crippen LogP contribution in [-0.2, 0) is 0 Å². The molecule has 0 heterocycles. The van der Waals surface area contributed by atoms with Crippen LogP contribution in [0.3, 0.4) is 0 Å². The van der Waals surface area contributed by atoms with E-state index in [2.05, 4.69) is 0 Å². The van der Waals surface area contributed by atoms with Gasteiger partial charge in [-0.2, -0.15) is 0 Å². The number of nitrogen functional groups attached to an aromatic ring is 1. The number of rotatable bonds is 4. The molecule has 17 heavy (non-hydrogen) atoms. The topological polar surface area (TPSA) is 66.6 Å². The predicted molar refractivity (Wildman–Crippen MR) is 68.8 cm³/mol. The molecule has 1 atom stereocenters. The second kappa shape index (κ2) is 5.68. The zero-order valence-corrected chi connectivity index (χ0v) is 10.6. The standard InChI is InChI=1S/C13H20N2O2/c1-9-4-5-12(14)11(8-9)13(17)15(3)7-6-10(2)16/h4-5,8,10,16H,6-7,14H2,1-3H3. The number of aliphatic hydroxyl groups is 1. The van der Waals surface area contributed by atoms with E-state index in [1.54, 1.807) is 31.0 Å². The van der Waals surface area contributed by atoms with Gasteiger partial charge in [0.2, 0.25) is 0 Å². The third-order valence-corrected chi connectivity index (χ3v) is 2.67. The van der Waals surface area contributed by atoms with E-state index in [9.17, 15) is 9.90 Å². The minimum Gasteiger partial charge on any atom is -0.398 e. The van der Waals surface area contributed by atoms with Gasteiger partial charge in [-0.1, -0.05) is 11.6 Å². The lowest BCUT2D eigenvalue weighted by Gasteiger charge is -2.19. The van der Waals surface area contributed by atoms with E-state index in [1.165, 1.54) is 0 Å². The molecule has 3 N–H and O–H groups in total. The Hall–Kier alpha value is -1.55.